The molecular weight excluding hydrogens is 280 g/mol. The van der Waals surface area contributed by atoms with Gasteiger partial charge in [0.25, 0.3) is 5.91 Å². The molecule has 0 atom stereocenters. The second-order valence-electron chi connectivity index (χ2n) is 5.42. The maximum atomic E-state index is 12.9. The number of hydrogen-bond acceptors (Lipinski definition) is 4. The second-order valence-corrected chi connectivity index (χ2v) is 5.42. The van der Waals surface area contributed by atoms with Gasteiger partial charge in [-0.25, -0.2) is 0 Å². The van der Waals surface area contributed by atoms with Gasteiger partial charge in [0.15, 0.2) is 0 Å². The lowest BCUT2D eigenvalue weighted by Crippen LogP contribution is -2.52. The Labute approximate surface area is 129 Å². The zero-order valence-corrected chi connectivity index (χ0v) is 12.6. The number of anilines is 1. The van der Waals surface area contributed by atoms with Gasteiger partial charge in [0.2, 0.25) is 0 Å². The smallest absolute Gasteiger partial charge is 0.252 e. The quantitative estimate of drug-likeness (QED) is 0.900. The van der Waals surface area contributed by atoms with Gasteiger partial charge in [-0.1, -0.05) is 6.07 Å². The minimum Gasteiger partial charge on any atom is -0.497 e. The third-order valence-electron chi connectivity index (χ3n) is 4.12. The van der Waals surface area contributed by atoms with Crippen molar-refractivity contribution in [2.24, 2.45) is 0 Å². The molecule has 6 nitrogen and oxygen atoms in total. The van der Waals surface area contributed by atoms with E-state index in [1.807, 2.05) is 36.5 Å². The average Bonchev–Trinajstić information content (AvgIpc) is 3.10. The van der Waals surface area contributed by atoms with E-state index in [0.717, 1.165) is 24.5 Å². The Morgan fingerprint density at radius 2 is 2.18 bits per heavy atom. The molecule has 2 aromatic rings. The van der Waals surface area contributed by atoms with E-state index in [1.165, 1.54) is 0 Å². The summed E-state index contributed by atoms with van der Waals surface area (Å²) in [6.07, 6.45) is 4.99. The highest BCUT2D eigenvalue weighted by atomic mass is 16.5. The van der Waals surface area contributed by atoms with Gasteiger partial charge in [0.05, 0.1) is 7.11 Å². The third-order valence-corrected chi connectivity index (χ3v) is 4.12. The summed E-state index contributed by atoms with van der Waals surface area (Å²) in [4.78, 5) is 12.9. The van der Waals surface area contributed by atoms with Crippen LogP contribution in [0.25, 0.3) is 0 Å². The van der Waals surface area contributed by atoms with Crippen LogP contribution >= 0.6 is 0 Å². The molecule has 3 rings (SSSR count). The minimum absolute atomic E-state index is 0.0362. The summed E-state index contributed by atoms with van der Waals surface area (Å²) in [5, 5.41) is 10.6. The van der Waals surface area contributed by atoms with E-state index in [0.29, 0.717) is 12.8 Å². The van der Waals surface area contributed by atoms with Gasteiger partial charge in [-0.05, 0) is 44.1 Å². The summed E-state index contributed by atoms with van der Waals surface area (Å²) < 4.78 is 6.98. The summed E-state index contributed by atoms with van der Waals surface area (Å²) in [6, 6.07) is 9.23. The molecule has 1 saturated heterocycles. The number of carbonyl (C=O) groups excluding carboxylic acids is 1. The molecule has 1 amide bonds. The van der Waals surface area contributed by atoms with Crippen LogP contribution in [0.5, 0.6) is 5.75 Å². The lowest BCUT2D eigenvalue weighted by Gasteiger charge is -2.36. The molecule has 0 bridgehead atoms. The summed E-state index contributed by atoms with van der Waals surface area (Å²) in [5.41, 5.74) is 0.0899. The van der Waals surface area contributed by atoms with E-state index in [1.54, 1.807) is 18.0 Å². The van der Waals surface area contributed by atoms with Crippen LogP contribution in [0.3, 0.4) is 0 Å². The molecule has 1 aliphatic rings. The highest BCUT2D eigenvalue weighted by Gasteiger charge is 2.42. The van der Waals surface area contributed by atoms with Gasteiger partial charge in [-0.3, -0.25) is 9.48 Å². The first kappa shape index (κ1) is 14.6. The highest BCUT2D eigenvalue weighted by molar-refractivity contribution is 5.96. The van der Waals surface area contributed by atoms with Gasteiger partial charge >= 0.3 is 0 Å². The molecule has 6 heteroatoms. The molecule has 1 aromatic carbocycles. The van der Waals surface area contributed by atoms with Crippen LogP contribution in [-0.4, -0.2) is 35.9 Å². The fraction of sp³-hybridized carbons (Fsp3) is 0.375. The van der Waals surface area contributed by atoms with Crippen LogP contribution in [0.15, 0.2) is 42.7 Å². The van der Waals surface area contributed by atoms with Gasteiger partial charge < -0.3 is 15.4 Å². The van der Waals surface area contributed by atoms with E-state index in [4.69, 9.17) is 4.74 Å². The van der Waals surface area contributed by atoms with E-state index in [-0.39, 0.29) is 5.91 Å². The first-order valence-corrected chi connectivity index (χ1v) is 7.41. The van der Waals surface area contributed by atoms with Crippen LogP contribution in [-0.2, 0) is 10.3 Å². The van der Waals surface area contributed by atoms with E-state index >= 15 is 0 Å². The molecule has 2 heterocycles. The number of piperidine rings is 1. The van der Waals surface area contributed by atoms with E-state index < -0.39 is 5.54 Å². The van der Waals surface area contributed by atoms with Crippen LogP contribution in [0.2, 0.25) is 0 Å². The summed E-state index contributed by atoms with van der Waals surface area (Å²) in [7, 11) is 1.61. The second kappa shape index (κ2) is 6.19. The van der Waals surface area contributed by atoms with Crippen molar-refractivity contribution in [1.29, 1.82) is 0 Å². The maximum Gasteiger partial charge on any atom is 0.252 e. The first-order chi connectivity index (χ1) is 10.7. The Hall–Kier alpha value is -2.34. The monoisotopic (exact) mass is 300 g/mol. The van der Waals surface area contributed by atoms with Crippen molar-refractivity contribution in [2.45, 2.75) is 18.4 Å². The Balaban J connectivity index is 1.86. The molecule has 0 unspecified atom stereocenters. The Morgan fingerprint density at radius 1 is 1.36 bits per heavy atom. The fourth-order valence-electron chi connectivity index (χ4n) is 2.87. The standard InChI is InChI=1S/C16H20N4O2/c1-22-14-5-2-4-13(12-14)19-15(21)16(6-9-17-10-7-16)20-11-3-8-18-20/h2-5,8,11-12,17H,6-7,9-10H2,1H3,(H,19,21). The molecule has 2 N–H and O–H groups in total. The molecule has 116 valence electrons. The Bertz CT molecular complexity index is 633. The van der Waals surface area contributed by atoms with Crippen LogP contribution in [0.4, 0.5) is 5.69 Å². The van der Waals surface area contributed by atoms with Crippen molar-refractivity contribution in [3.63, 3.8) is 0 Å². The van der Waals surface area contributed by atoms with E-state index in [2.05, 4.69) is 15.7 Å². The Morgan fingerprint density at radius 3 is 2.86 bits per heavy atom. The molecule has 0 aliphatic carbocycles. The molecule has 1 aromatic heterocycles. The number of hydrogen-bond donors (Lipinski definition) is 2. The molecule has 22 heavy (non-hydrogen) atoms. The predicted molar refractivity (Wildman–Crippen MR) is 83.9 cm³/mol. The molecular formula is C16H20N4O2. The van der Waals surface area contributed by atoms with Crippen LogP contribution in [0, 0.1) is 0 Å². The van der Waals surface area contributed by atoms with Crippen molar-refractivity contribution in [2.75, 3.05) is 25.5 Å². The number of amides is 1. The normalized spacial score (nSPS) is 17.0. The predicted octanol–water partition coefficient (Wildman–Crippen LogP) is 1.61. The van der Waals surface area contributed by atoms with Gasteiger partial charge in [-0.2, -0.15) is 5.10 Å². The molecule has 0 radical (unpaired) electrons. The van der Waals surface area contributed by atoms with Gasteiger partial charge in [-0.15, -0.1) is 0 Å². The zero-order chi connectivity index (χ0) is 15.4. The fourth-order valence-corrected chi connectivity index (χ4v) is 2.87. The van der Waals surface area contributed by atoms with Crippen molar-refractivity contribution >= 4 is 11.6 Å². The zero-order valence-electron chi connectivity index (χ0n) is 12.6. The minimum atomic E-state index is -0.641. The van der Waals surface area contributed by atoms with Crippen molar-refractivity contribution < 1.29 is 9.53 Å². The largest absolute Gasteiger partial charge is 0.497 e. The van der Waals surface area contributed by atoms with Gasteiger partial charge in [0, 0.05) is 24.1 Å². The summed E-state index contributed by atoms with van der Waals surface area (Å²) in [5.74, 6) is 0.683. The summed E-state index contributed by atoms with van der Waals surface area (Å²) in [6.45, 7) is 1.59. The number of benzene rings is 1. The number of rotatable bonds is 4. The number of aromatic nitrogens is 2. The maximum absolute atomic E-state index is 12.9. The number of methoxy groups -OCH3 is 1. The summed E-state index contributed by atoms with van der Waals surface area (Å²) >= 11 is 0. The molecule has 0 saturated carbocycles. The van der Waals surface area contributed by atoms with Crippen LogP contribution < -0.4 is 15.4 Å². The number of nitrogens with zero attached hydrogens (tertiary/aromatic N) is 2. The third kappa shape index (κ3) is 2.69. The van der Waals surface area contributed by atoms with Crippen molar-refractivity contribution in [1.82, 2.24) is 15.1 Å². The Kier molecular flexibility index (Phi) is 4.11. The van der Waals surface area contributed by atoms with Crippen molar-refractivity contribution in [3.8, 4) is 5.75 Å². The highest BCUT2D eigenvalue weighted by Crippen LogP contribution is 2.29. The molecule has 0 spiro atoms. The average molecular weight is 300 g/mol. The van der Waals surface area contributed by atoms with E-state index in [9.17, 15) is 4.79 Å². The SMILES string of the molecule is COc1cccc(NC(=O)C2(n3cccn3)CCNCC2)c1. The number of nitrogens with one attached hydrogen (secondary N) is 2. The molecule has 1 fully saturated rings. The number of ether oxygens (including phenoxy) is 1. The molecule has 1 aliphatic heterocycles. The van der Waals surface area contributed by atoms with Crippen LogP contribution in [0.1, 0.15) is 12.8 Å². The lowest BCUT2D eigenvalue weighted by atomic mass is 9.87. The number of carbonyl (C=O) groups is 1. The first-order valence-electron chi connectivity index (χ1n) is 7.41. The lowest BCUT2D eigenvalue weighted by molar-refractivity contribution is -0.126. The van der Waals surface area contributed by atoms with Gasteiger partial charge in [0.1, 0.15) is 11.3 Å². The van der Waals surface area contributed by atoms with Crippen molar-refractivity contribution in [3.05, 3.63) is 42.7 Å². The topological polar surface area (TPSA) is 68.2 Å².